The second-order valence-electron chi connectivity index (χ2n) is 5.54. The van der Waals surface area contributed by atoms with Gasteiger partial charge in [-0.2, -0.15) is 0 Å². The molecule has 3 unspecified atom stereocenters. The minimum atomic E-state index is 0.175. The van der Waals surface area contributed by atoms with Crippen molar-refractivity contribution in [2.75, 3.05) is 6.61 Å². The van der Waals surface area contributed by atoms with Gasteiger partial charge in [0.1, 0.15) is 6.61 Å². The maximum atomic E-state index is 11.7. The fraction of sp³-hybridized carbons (Fsp3) is 0.923. The van der Waals surface area contributed by atoms with Crippen LogP contribution in [0.4, 0.5) is 0 Å². The van der Waals surface area contributed by atoms with Crippen molar-refractivity contribution in [3.05, 3.63) is 0 Å². The van der Waals surface area contributed by atoms with E-state index in [1.54, 1.807) is 0 Å². The molecule has 0 N–H and O–H groups in total. The Balaban J connectivity index is 1.71. The van der Waals surface area contributed by atoms with Gasteiger partial charge in [0.15, 0.2) is 5.78 Å². The van der Waals surface area contributed by atoms with Crippen LogP contribution in [0.1, 0.15) is 46.0 Å². The van der Waals surface area contributed by atoms with Gasteiger partial charge in [-0.15, -0.1) is 0 Å². The highest BCUT2D eigenvalue weighted by Gasteiger charge is 2.39. The molecule has 2 aliphatic rings. The van der Waals surface area contributed by atoms with Gasteiger partial charge in [-0.05, 0) is 50.9 Å². The van der Waals surface area contributed by atoms with Crippen molar-refractivity contribution >= 4 is 5.78 Å². The Morgan fingerprint density at radius 1 is 1.33 bits per heavy atom. The average Bonchev–Trinajstić information content (AvgIpc) is 2.76. The van der Waals surface area contributed by atoms with Gasteiger partial charge in [0, 0.05) is 6.42 Å². The lowest BCUT2D eigenvalue weighted by molar-refractivity contribution is -0.126. The summed E-state index contributed by atoms with van der Waals surface area (Å²) >= 11 is 0. The molecule has 3 atom stereocenters. The number of hydrogen-bond donors (Lipinski definition) is 0. The number of carbonyl (C=O) groups excluding carboxylic acids is 1. The lowest BCUT2D eigenvalue weighted by atomic mass is 9.85. The molecule has 2 saturated carbocycles. The second kappa shape index (κ2) is 4.65. The van der Waals surface area contributed by atoms with Crippen LogP contribution in [0.25, 0.3) is 0 Å². The molecule has 86 valence electrons. The number of carbonyl (C=O) groups is 1. The summed E-state index contributed by atoms with van der Waals surface area (Å²) in [5.74, 6) is 2.80. The lowest BCUT2D eigenvalue weighted by Crippen LogP contribution is -2.19. The summed E-state index contributed by atoms with van der Waals surface area (Å²) in [6, 6.07) is 0. The SMILES string of the molecule is CC(C)OCC(=O)CC1CC2CCC1C2. The van der Waals surface area contributed by atoms with E-state index in [4.69, 9.17) is 4.74 Å². The van der Waals surface area contributed by atoms with Crippen molar-refractivity contribution in [3.63, 3.8) is 0 Å². The predicted octanol–water partition coefficient (Wildman–Crippen LogP) is 2.81. The molecule has 2 fully saturated rings. The zero-order valence-corrected chi connectivity index (χ0v) is 9.87. The average molecular weight is 210 g/mol. The highest BCUT2D eigenvalue weighted by molar-refractivity contribution is 5.80. The van der Waals surface area contributed by atoms with E-state index in [1.165, 1.54) is 25.7 Å². The number of Topliss-reactive ketones (excluding diaryl/α,β-unsaturated/α-hetero) is 1. The number of rotatable bonds is 5. The van der Waals surface area contributed by atoms with Crippen LogP contribution < -0.4 is 0 Å². The third-order valence-electron chi connectivity index (χ3n) is 3.95. The fourth-order valence-electron chi connectivity index (χ4n) is 3.24. The largest absolute Gasteiger partial charge is 0.371 e. The van der Waals surface area contributed by atoms with Crippen molar-refractivity contribution < 1.29 is 9.53 Å². The molecule has 0 saturated heterocycles. The maximum Gasteiger partial charge on any atom is 0.158 e. The maximum absolute atomic E-state index is 11.7. The van der Waals surface area contributed by atoms with E-state index in [0.717, 1.165) is 18.3 Å². The Hall–Kier alpha value is -0.370. The van der Waals surface area contributed by atoms with Crippen LogP contribution in [0.2, 0.25) is 0 Å². The molecular weight excluding hydrogens is 188 g/mol. The third kappa shape index (κ3) is 2.81. The van der Waals surface area contributed by atoms with Gasteiger partial charge >= 0.3 is 0 Å². The molecule has 0 spiro atoms. The Labute approximate surface area is 92.4 Å². The van der Waals surface area contributed by atoms with E-state index in [1.807, 2.05) is 13.8 Å². The predicted molar refractivity (Wildman–Crippen MR) is 59.7 cm³/mol. The van der Waals surface area contributed by atoms with Gasteiger partial charge in [-0.3, -0.25) is 4.79 Å². The molecule has 2 heteroatoms. The molecule has 0 heterocycles. The van der Waals surface area contributed by atoms with E-state index < -0.39 is 0 Å². The molecule has 2 aliphatic carbocycles. The molecule has 0 aliphatic heterocycles. The van der Waals surface area contributed by atoms with Crippen LogP contribution in [-0.4, -0.2) is 18.5 Å². The first-order chi connectivity index (χ1) is 7.15. The molecule has 2 nitrogen and oxygen atoms in total. The Kier molecular flexibility index (Phi) is 3.45. The minimum Gasteiger partial charge on any atom is -0.371 e. The first kappa shape index (κ1) is 11.1. The summed E-state index contributed by atoms with van der Waals surface area (Å²) in [4.78, 5) is 11.7. The summed E-state index contributed by atoms with van der Waals surface area (Å²) < 4.78 is 5.34. The fourth-order valence-corrected chi connectivity index (χ4v) is 3.24. The quantitative estimate of drug-likeness (QED) is 0.697. The van der Waals surface area contributed by atoms with Gasteiger partial charge in [0.05, 0.1) is 6.10 Å². The minimum absolute atomic E-state index is 0.175. The molecule has 0 aromatic heterocycles. The summed E-state index contributed by atoms with van der Waals surface area (Å²) in [5.41, 5.74) is 0. The van der Waals surface area contributed by atoms with E-state index in [-0.39, 0.29) is 6.10 Å². The normalized spacial score (nSPS) is 33.9. The zero-order valence-electron chi connectivity index (χ0n) is 9.87. The molecular formula is C13H22O2. The van der Waals surface area contributed by atoms with Crippen LogP contribution in [0.5, 0.6) is 0 Å². The zero-order chi connectivity index (χ0) is 10.8. The smallest absolute Gasteiger partial charge is 0.158 e. The second-order valence-corrected chi connectivity index (χ2v) is 5.54. The van der Waals surface area contributed by atoms with Gasteiger partial charge in [-0.1, -0.05) is 6.42 Å². The summed E-state index contributed by atoms with van der Waals surface area (Å²) in [5, 5.41) is 0. The number of hydrogen-bond acceptors (Lipinski definition) is 2. The number of fused-ring (bicyclic) bond motifs is 2. The van der Waals surface area contributed by atoms with Gasteiger partial charge in [0.25, 0.3) is 0 Å². The molecule has 15 heavy (non-hydrogen) atoms. The molecule has 0 radical (unpaired) electrons. The molecule has 0 aromatic carbocycles. The van der Waals surface area contributed by atoms with E-state index >= 15 is 0 Å². The summed E-state index contributed by atoms with van der Waals surface area (Å²) in [7, 11) is 0. The van der Waals surface area contributed by atoms with Crippen molar-refractivity contribution in [2.24, 2.45) is 17.8 Å². The van der Waals surface area contributed by atoms with E-state index in [9.17, 15) is 4.79 Å². The van der Waals surface area contributed by atoms with Crippen LogP contribution >= 0.6 is 0 Å². The molecule has 0 aromatic rings. The Morgan fingerprint density at radius 2 is 2.13 bits per heavy atom. The first-order valence-corrected chi connectivity index (χ1v) is 6.28. The van der Waals surface area contributed by atoms with Crippen molar-refractivity contribution in [1.29, 1.82) is 0 Å². The van der Waals surface area contributed by atoms with E-state index in [0.29, 0.717) is 18.3 Å². The van der Waals surface area contributed by atoms with Crippen molar-refractivity contribution in [2.45, 2.75) is 52.1 Å². The lowest BCUT2D eigenvalue weighted by Gasteiger charge is -2.20. The standard InChI is InChI=1S/C13H22O2/c1-9(2)15-8-13(14)7-12-6-10-3-4-11(12)5-10/h9-12H,3-8H2,1-2H3. The van der Waals surface area contributed by atoms with Gasteiger partial charge < -0.3 is 4.74 Å². The Morgan fingerprint density at radius 3 is 2.67 bits per heavy atom. The summed E-state index contributed by atoms with van der Waals surface area (Å²) in [6.07, 6.45) is 6.43. The van der Waals surface area contributed by atoms with Crippen LogP contribution in [0.15, 0.2) is 0 Å². The van der Waals surface area contributed by atoms with Crippen LogP contribution in [-0.2, 0) is 9.53 Å². The highest BCUT2D eigenvalue weighted by Crippen LogP contribution is 2.49. The van der Waals surface area contributed by atoms with Crippen LogP contribution in [0.3, 0.4) is 0 Å². The van der Waals surface area contributed by atoms with Crippen molar-refractivity contribution in [3.8, 4) is 0 Å². The molecule has 2 bridgehead atoms. The third-order valence-corrected chi connectivity index (χ3v) is 3.95. The first-order valence-electron chi connectivity index (χ1n) is 6.28. The highest BCUT2D eigenvalue weighted by atomic mass is 16.5. The number of ketones is 1. The Bertz CT molecular complexity index is 235. The van der Waals surface area contributed by atoms with Crippen molar-refractivity contribution in [1.82, 2.24) is 0 Å². The van der Waals surface area contributed by atoms with E-state index in [2.05, 4.69) is 0 Å². The molecule has 2 rings (SSSR count). The van der Waals surface area contributed by atoms with Crippen LogP contribution in [0, 0.1) is 17.8 Å². The van der Waals surface area contributed by atoms with Gasteiger partial charge in [0.2, 0.25) is 0 Å². The number of ether oxygens (including phenoxy) is 1. The summed E-state index contributed by atoms with van der Waals surface area (Å²) in [6.45, 7) is 4.28. The topological polar surface area (TPSA) is 26.3 Å². The van der Waals surface area contributed by atoms with Gasteiger partial charge in [-0.25, -0.2) is 0 Å². The molecule has 0 amide bonds. The monoisotopic (exact) mass is 210 g/mol.